The Kier molecular flexibility index (Phi) is 11.7. The molecule has 10 heteroatoms. The molecule has 0 N–H and O–H groups in total. The van der Waals surface area contributed by atoms with E-state index in [0.717, 1.165) is 50.1 Å². The zero-order valence-corrected chi connectivity index (χ0v) is 38.4. The van der Waals surface area contributed by atoms with Crippen LogP contribution in [0.4, 0.5) is 0 Å². The first-order valence-electron chi connectivity index (χ1n) is 20.8. The van der Waals surface area contributed by atoms with Gasteiger partial charge in [0.05, 0.1) is 11.0 Å². The Morgan fingerprint density at radius 1 is 0.379 bits per heavy atom. The largest absolute Gasteiger partial charge is 2.00 e. The molecular weight excluding hydrogens is 1090 g/mol. The van der Waals surface area contributed by atoms with Crippen LogP contribution >= 0.6 is 0 Å². The molecule has 5 heterocycles. The fraction of sp³-hybridized carbons (Fsp3) is 0. The summed E-state index contributed by atoms with van der Waals surface area (Å²) in [5.41, 5.74) is 9.99. The van der Waals surface area contributed by atoms with E-state index < -0.39 is 0 Å². The average molecular weight is 1120 g/mol. The van der Waals surface area contributed by atoms with Crippen molar-refractivity contribution in [2.45, 2.75) is 0 Å². The van der Waals surface area contributed by atoms with Crippen LogP contribution in [0.15, 0.2) is 195 Å². The molecule has 0 aliphatic carbocycles. The number of hydrogen-bond acceptors (Lipinski definition) is 6. The van der Waals surface area contributed by atoms with Gasteiger partial charge >= 0.3 is 41.5 Å². The van der Waals surface area contributed by atoms with Gasteiger partial charge in [-0.05, 0) is 53.3 Å². The van der Waals surface area contributed by atoms with Crippen molar-refractivity contribution in [1.82, 2.24) is 29.1 Å². The minimum atomic E-state index is 0. The molecule has 12 aromatic rings. The van der Waals surface area contributed by atoms with Crippen LogP contribution in [0.25, 0.3) is 88.9 Å². The number of fused-ring (bicyclic) bond motifs is 6. The van der Waals surface area contributed by atoms with Gasteiger partial charge in [-0.2, -0.15) is 22.9 Å². The van der Waals surface area contributed by atoms with Crippen molar-refractivity contribution in [1.29, 1.82) is 0 Å². The number of ether oxygens (including phenoxy) is 2. The summed E-state index contributed by atoms with van der Waals surface area (Å²) in [6.07, 6.45) is 7.24. The molecule has 0 fully saturated rings. The molecule has 0 saturated carbocycles. The second-order valence-electron chi connectivity index (χ2n) is 15.2. The van der Waals surface area contributed by atoms with E-state index in [1.807, 2.05) is 114 Å². The van der Waals surface area contributed by atoms with E-state index in [1.54, 1.807) is 12.4 Å². The Bertz CT molecular complexity index is 3480. The quantitative estimate of drug-likeness (QED) is 0.106. The number of rotatable bonds is 9. The number of aromatic nitrogens is 6. The molecule has 0 bridgehead atoms. The smallest absolute Gasteiger partial charge is 0.503 e. The predicted molar refractivity (Wildman–Crippen MR) is 251 cm³/mol. The first kappa shape index (κ1) is 42.4. The third-order valence-electron chi connectivity index (χ3n) is 11.3. The summed E-state index contributed by atoms with van der Waals surface area (Å²) in [6, 6.07) is 70.3. The summed E-state index contributed by atoms with van der Waals surface area (Å²) in [5.74, 6) is 2.53. The number of nitrogens with zero attached hydrogens (tertiary/aromatic N) is 6. The van der Waals surface area contributed by atoms with Crippen LogP contribution in [0.5, 0.6) is 23.0 Å². The van der Waals surface area contributed by atoms with Crippen molar-refractivity contribution in [3.8, 4) is 68.3 Å². The number of para-hydroxylation sites is 2. The SMILES string of the molecule is [Pd+2].[Pt+2].[c-]1c(Oc2[c-]c3c(cc2)c2ccc(Oc4[c-]c(-c5ccccn5)ccc4)[c-]c2n3-c2ncc(-c3ccc(-n4c5ccccc5c5ccccc54)cc3)cn2)cccc1-c1ccccn1. The monoisotopic (exact) mass is 1120 g/mol. The summed E-state index contributed by atoms with van der Waals surface area (Å²) >= 11 is 0. The molecule has 0 aliphatic heterocycles. The number of pyridine rings is 2. The van der Waals surface area contributed by atoms with Crippen LogP contribution in [-0.2, 0) is 41.5 Å². The maximum absolute atomic E-state index is 6.41. The van der Waals surface area contributed by atoms with Crippen molar-refractivity contribution in [3.05, 3.63) is 219 Å². The molecule has 0 saturated heterocycles. The first-order valence-corrected chi connectivity index (χ1v) is 20.8. The molecule has 8 nitrogen and oxygen atoms in total. The fourth-order valence-corrected chi connectivity index (χ4v) is 8.33. The van der Waals surface area contributed by atoms with Crippen LogP contribution in [0.3, 0.4) is 0 Å². The molecule has 318 valence electrons. The van der Waals surface area contributed by atoms with Gasteiger partial charge in [-0.15, -0.1) is 71.8 Å². The Morgan fingerprint density at radius 3 is 1.36 bits per heavy atom. The summed E-state index contributed by atoms with van der Waals surface area (Å²) in [7, 11) is 0. The van der Waals surface area contributed by atoms with E-state index in [2.05, 4.69) is 112 Å². The van der Waals surface area contributed by atoms with Gasteiger partial charge in [-0.25, -0.2) is 9.97 Å². The molecule has 7 aromatic carbocycles. The van der Waals surface area contributed by atoms with Crippen LogP contribution in [-0.4, -0.2) is 29.1 Å². The van der Waals surface area contributed by atoms with E-state index in [-0.39, 0.29) is 41.5 Å². The molecule has 0 amide bonds. The molecule has 12 rings (SSSR count). The van der Waals surface area contributed by atoms with Crippen molar-refractivity contribution >= 4 is 43.6 Å². The van der Waals surface area contributed by atoms with Crippen molar-refractivity contribution in [2.24, 2.45) is 0 Å². The summed E-state index contributed by atoms with van der Waals surface area (Å²) in [4.78, 5) is 18.9. The van der Waals surface area contributed by atoms with Gasteiger partial charge in [0.25, 0.3) is 0 Å². The van der Waals surface area contributed by atoms with Crippen LogP contribution in [0.2, 0.25) is 0 Å². The van der Waals surface area contributed by atoms with Crippen LogP contribution in [0, 0.1) is 24.3 Å². The van der Waals surface area contributed by atoms with Gasteiger partial charge in [-0.3, -0.25) is 0 Å². The zero-order chi connectivity index (χ0) is 42.4. The summed E-state index contributed by atoms with van der Waals surface area (Å²) < 4.78 is 17.1. The normalized spacial score (nSPS) is 11.1. The summed E-state index contributed by atoms with van der Waals surface area (Å²) in [5, 5.41) is 4.30. The molecule has 0 aliphatic rings. The Labute approximate surface area is 408 Å². The second kappa shape index (κ2) is 18.2. The van der Waals surface area contributed by atoms with Gasteiger partial charge < -0.3 is 28.6 Å². The summed E-state index contributed by atoms with van der Waals surface area (Å²) in [6.45, 7) is 0. The van der Waals surface area contributed by atoms with E-state index >= 15 is 0 Å². The molecule has 0 radical (unpaired) electrons. The number of hydrogen-bond donors (Lipinski definition) is 0. The van der Waals surface area contributed by atoms with E-state index in [9.17, 15) is 0 Å². The molecule has 66 heavy (non-hydrogen) atoms. The standard InChI is InChI=1S/C56H32N6O2.Pd.Pt/c1-3-19-52-46(15-1)47-16-2-4-20-53(47)61(52)41-23-21-37(22-24-41)40-35-59-56(60-36-40)62-54-33-44(63-42-13-9-11-38(31-42)50-17-5-7-29-57-50)25-27-48(54)49-28-26-45(34-55(49)62)64-43-14-10-12-39(32-43)51-18-6-8-30-58-51;;/h1-30,35-36H;;/q-4;2*+2. The molecular formula is C56H32N6O2PdPt. The molecule has 0 unspecified atom stereocenters. The van der Waals surface area contributed by atoms with Crippen LogP contribution < -0.4 is 9.47 Å². The van der Waals surface area contributed by atoms with E-state index in [4.69, 9.17) is 19.4 Å². The van der Waals surface area contributed by atoms with Gasteiger partial charge in [-0.1, -0.05) is 96.0 Å². The van der Waals surface area contributed by atoms with Gasteiger partial charge in [0, 0.05) is 69.8 Å². The van der Waals surface area contributed by atoms with E-state index in [0.29, 0.717) is 40.0 Å². The van der Waals surface area contributed by atoms with Gasteiger partial charge in [0.15, 0.2) is 0 Å². The topological polar surface area (TPSA) is 79.9 Å². The van der Waals surface area contributed by atoms with Crippen LogP contribution in [0.1, 0.15) is 0 Å². The maximum atomic E-state index is 6.41. The first-order chi connectivity index (χ1) is 31.7. The average Bonchev–Trinajstić information content (AvgIpc) is 3.87. The second-order valence-corrected chi connectivity index (χ2v) is 15.2. The number of benzene rings is 7. The third kappa shape index (κ3) is 7.88. The zero-order valence-electron chi connectivity index (χ0n) is 34.6. The molecule has 0 atom stereocenters. The van der Waals surface area contributed by atoms with Gasteiger partial charge in [0.1, 0.15) is 0 Å². The Hall–Kier alpha value is -7.53. The maximum Gasteiger partial charge on any atom is 2.00 e. The van der Waals surface area contributed by atoms with E-state index in [1.165, 1.54) is 21.8 Å². The van der Waals surface area contributed by atoms with Gasteiger partial charge in [0.2, 0.25) is 5.95 Å². The predicted octanol–water partition coefficient (Wildman–Crippen LogP) is 13.2. The third-order valence-corrected chi connectivity index (χ3v) is 11.3. The minimum Gasteiger partial charge on any atom is -0.503 e. The molecule has 0 spiro atoms. The molecule has 5 aromatic heterocycles. The Morgan fingerprint density at radius 2 is 0.864 bits per heavy atom. The Balaban J connectivity index is 0.00000256. The van der Waals surface area contributed by atoms with Crippen molar-refractivity contribution in [2.75, 3.05) is 0 Å². The fourth-order valence-electron chi connectivity index (χ4n) is 8.33. The van der Waals surface area contributed by atoms with Crippen molar-refractivity contribution < 1.29 is 51.0 Å². The minimum absolute atomic E-state index is 0. The van der Waals surface area contributed by atoms with Crippen molar-refractivity contribution in [3.63, 3.8) is 0 Å².